The van der Waals surface area contributed by atoms with Gasteiger partial charge in [-0.1, -0.05) is 26.0 Å². The van der Waals surface area contributed by atoms with Crippen LogP contribution < -0.4 is 5.32 Å². The van der Waals surface area contributed by atoms with Gasteiger partial charge in [0, 0.05) is 11.4 Å². The molecule has 1 aliphatic rings. The first-order valence-electron chi connectivity index (χ1n) is 6.77. The minimum Gasteiger partial charge on any atom is -0.361 e. The number of hydrogen-bond acceptors (Lipinski definition) is 3. The quantitative estimate of drug-likeness (QED) is 0.845. The Morgan fingerprint density at radius 3 is 2.68 bits per heavy atom. The number of carbonyl (C=O) groups is 1. The molecule has 0 spiro atoms. The van der Waals surface area contributed by atoms with Crippen LogP contribution in [0, 0.1) is 0 Å². The summed E-state index contributed by atoms with van der Waals surface area (Å²) in [7, 11) is 0. The van der Waals surface area contributed by atoms with E-state index in [4.69, 9.17) is 0 Å². The first-order valence-corrected chi connectivity index (χ1v) is 6.77. The van der Waals surface area contributed by atoms with E-state index >= 15 is 0 Å². The molecule has 0 aliphatic carbocycles. The number of nitrogens with one attached hydrogen (secondary N) is 1. The Hall–Kier alpha value is -1.84. The van der Waals surface area contributed by atoms with Crippen molar-refractivity contribution in [2.24, 2.45) is 5.10 Å². The van der Waals surface area contributed by atoms with Crippen molar-refractivity contribution in [2.75, 3.05) is 5.32 Å². The van der Waals surface area contributed by atoms with Crippen LogP contribution in [0.4, 0.5) is 5.69 Å². The number of amides is 1. The highest BCUT2D eigenvalue weighted by molar-refractivity contribution is 6.02. The molecule has 19 heavy (non-hydrogen) atoms. The van der Waals surface area contributed by atoms with Gasteiger partial charge in [-0.2, -0.15) is 5.10 Å². The second-order valence-electron chi connectivity index (χ2n) is 5.10. The summed E-state index contributed by atoms with van der Waals surface area (Å²) in [5.41, 5.74) is 2.05. The van der Waals surface area contributed by atoms with Crippen molar-refractivity contribution in [3.63, 3.8) is 0 Å². The molecule has 4 nitrogen and oxygen atoms in total. The highest BCUT2D eigenvalue weighted by atomic mass is 16.2. The molecule has 4 heteroatoms. The van der Waals surface area contributed by atoms with Crippen LogP contribution in [0.2, 0.25) is 0 Å². The van der Waals surface area contributed by atoms with E-state index in [0.717, 1.165) is 24.2 Å². The van der Waals surface area contributed by atoms with Gasteiger partial charge >= 0.3 is 0 Å². The third-order valence-electron chi connectivity index (χ3n) is 3.69. The molecular weight excluding hydrogens is 238 g/mol. The highest BCUT2D eigenvalue weighted by Crippen LogP contribution is 2.33. The van der Waals surface area contributed by atoms with E-state index in [2.05, 4.69) is 17.3 Å². The van der Waals surface area contributed by atoms with Gasteiger partial charge < -0.3 is 5.32 Å². The van der Waals surface area contributed by atoms with Gasteiger partial charge in [-0.25, -0.2) is 5.01 Å². The van der Waals surface area contributed by atoms with Crippen molar-refractivity contribution in [2.45, 2.75) is 46.2 Å². The van der Waals surface area contributed by atoms with Gasteiger partial charge in [0.2, 0.25) is 0 Å². The molecule has 2 rings (SSSR count). The standard InChI is InChI=1S/C15H21N3O/c1-5-11(3)17-18-14(19)12-9-7-8-10-13(12)16-15(18,4)6-2/h7-10,16H,5-6H2,1-4H3. The minimum atomic E-state index is -0.470. The molecule has 1 aromatic carbocycles. The molecule has 1 aliphatic heterocycles. The molecule has 0 bridgehead atoms. The lowest BCUT2D eigenvalue weighted by Crippen LogP contribution is -2.55. The molecule has 0 aromatic heterocycles. The van der Waals surface area contributed by atoms with Crippen LogP contribution in [0.3, 0.4) is 0 Å². The van der Waals surface area contributed by atoms with E-state index in [1.807, 2.05) is 45.0 Å². The van der Waals surface area contributed by atoms with Crippen molar-refractivity contribution in [1.29, 1.82) is 0 Å². The first kappa shape index (κ1) is 13.6. The van der Waals surface area contributed by atoms with Crippen molar-refractivity contribution >= 4 is 17.3 Å². The maximum absolute atomic E-state index is 12.6. The fourth-order valence-electron chi connectivity index (χ4n) is 2.10. The average Bonchev–Trinajstić information content (AvgIpc) is 2.43. The molecule has 0 fully saturated rings. The van der Waals surface area contributed by atoms with Gasteiger partial charge in [0.25, 0.3) is 5.91 Å². The van der Waals surface area contributed by atoms with Crippen LogP contribution in [-0.2, 0) is 0 Å². The Balaban J connectivity index is 2.50. The zero-order chi connectivity index (χ0) is 14.0. The molecule has 102 valence electrons. The van der Waals surface area contributed by atoms with E-state index in [-0.39, 0.29) is 5.91 Å². The van der Waals surface area contributed by atoms with Crippen molar-refractivity contribution < 1.29 is 4.79 Å². The molecule has 1 heterocycles. The molecule has 1 unspecified atom stereocenters. The van der Waals surface area contributed by atoms with Gasteiger partial charge in [0.05, 0.1) is 5.56 Å². The van der Waals surface area contributed by atoms with Crippen LogP contribution >= 0.6 is 0 Å². The SMILES string of the molecule is CCC(C)=NN1C(=O)c2ccccc2NC1(C)CC. The largest absolute Gasteiger partial charge is 0.361 e. The van der Waals surface area contributed by atoms with E-state index in [1.165, 1.54) is 0 Å². The number of hydrogen-bond donors (Lipinski definition) is 1. The second kappa shape index (κ2) is 5.03. The van der Waals surface area contributed by atoms with Crippen molar-refractivity contribution in [3.05, 3.63) is 29.8 Å². The molecule has 1 aromatic rings. The Morgan fingerprint density at radius 2 is 2.05 bits per heavy atom. The molecule has 1 N–H and O–H groups in total. The van der Waals surface area contributed by atoms with Gasteiger partial charge in [-0.3, -0.25) is 4.79 Å². The van der Waals surface area contributed by atoms with E-state index in [1.54, 1.807) is 5.01 Å². The summed E-state index contributed by atoms with van der Waals surface area (Å²) >= 11 is 0. The number of hydrazone groups is 1. The zero-order valence-electron chi connectivity index (χ0n) is 12.0. The normalized spacial score (nSPS) is 23.1. The number of rotatable bonds is 3. The van der Waals surface area contributed by atoms with Crippen LogP contribution in [0.5, 0.6) is 0 Å². The summed E-state index contributed by atoms with van der Waals surface area (Å²) in [5.74, 6) is -0.0356. The maximum Gasteiger partial charge on any atom is 0.278 e. The summed E-state index contributed by atoms with van der Waals surface area (Å²) < 4.78 is 0. The molecule has 0 radical (unpaired) electrons. The molecule has 0 saturated carbocycles. The third-order valence-corrected chi connectivity index (χ3v) is 3.69. The van der Waals surface area contributed by atoms with E-state index in [9.17, 15) is 4.79 Å². The third kappa shape index (κ3) is 2.35. The summed E-state index contributed by atoms with van der Waals surface area (Å²) in [6, 6.07) is 7.59. The number of anilines is 1. The summed E-state index contributed by atoms with van der Waals surface area (Å²) in [5, 5.41) is 9.52. The Bertz CT molecular complexity index is 524. The van der Waals surface area contributed by atoms with Gasteiger partial charge in [0.15, 0.2) is 0 Å². The second-order valence-corrected chi connectivity index (χ2v) is 5.10. The molecule has 1 amide bonds. The lowest BCUT2D eigenvalue weighted by Gasteiger charge is -2.43. The van der Waals surface area contributed by atoms with Crippen LogP contribution in [0.1, 0.15) is 50.9 Å². The smallest absolute Gasteiger partial charge is 0.278 e. The zero-order valence-corrected chi connectivity index (χ0v) is 12.0. The topological polar surface area (TPSA) is 44.7 Å². The van der Waals surface area contributed by atoms with Crippen molar-refractivity contribution in [3.8, 4) is 0 Å². The lowest BCUT2D eigenvalue weighted by molar-refractivity contribution is 0.0542. The number of carbonyl (C=O) groups excluding carboxylic acids is 1. The predicted octanol–water partition coefficient (Wildman–Crippen LogP) is 3.47. The molecule has 1 atom stereocenters. The van der Waals surface area contributed by atoms with Gasteiger partial charge in [-0.15, -0.1) is 0 Å². The maximum atomic E-state index is 12.6. The highest BCUT2D eigenvalue weighted by Gasteiger charge is 2.40. The predicted molar refractivity (Wildman–Crippen MR) is 78.3 cm³/mol. The Kier molecular flexibility index (Phi) is 3.60. The van der Waals surface area contributed by atoms with Crippen molar-refractivity contribution in [1.82, 2.24) is 5.01 Å². The Labute approximate surface area is 114 Å². The molecular formula is C15H21N3O. The van der Waals surface area contributed by atoms with Gasteiger partial charge in [-0.05, 0) is 38.8 Å². The fourth-order valence-corrected chi connectivity index (χ4v) is 2.10. The van der Waals surface area contributed by atoms with Crippen LogP contribution in [-0.4, -0.2) is 22.3 Å². The number of para-hydroxylation sites is 1. The first-order chi connectivity index (χ1) is 9.01. The van der Waals surface area contributed by atoms with E-state index in [0.29, 0.717) is 5.56 Å². The molecule has 0 saturated heterocycles. The average molecular weight is 259 g/mol. The summed E-state index contributed by atoms with van der Waals surface area (Å²) in [6.45, 7) is 8.05. The summed E-state index contributed by atoms with van der Waals surface area (Å²) in [4.78, 5) is 12.6. The van der Waals surface area contributed by atoms with Crippen LogP contribution in [0.15, 0.2) is 29.4 Å². The number of fused-ring (bicyclic) bond motifs is 1. The fraction of sp³-hybridized carbons (Fsp3) is 0.467. The summed E-state index contributed by atoms with van der Waals surface area (Å²) in [6.07, 6.45) is 1.62. The number of nitrogens with zero attached hydrogens (tertiary/aromatic N) is 2. The van der Waals surface area contributed by atoms with Crippen LogP contribution in [0.25, 0.3) is 0 Å². The minimum absolute atomic E-state index is 0.0356. The Morgan fingerprint density at radius 1 is 1.37 bits per heavy atom. The number of benzene rings is 1. The van der Waals surface area contributed by atoms with Gasteiger partial charge in [0.1, 0.15) is 5.66 Å². The lowest BCUT2D eigenvalue weighted by atomic mass is 10.0. The van der Waals surface area contributed by atoms with E-state index < -0.39 is 5.66 Å². The monoisotopic (exact) mass is 259 g/mol.